The molecule has 8 rings (SSSR count). The smallest absolute Gasteiger partial charge is 0.0972 e. The molecule has 2 atom stereocenters. The van der Waals surface area contributed by atoms with Crippen LogP contribution < -0.4 is 0 Å². The zero-order chi connectivity index (χ0) is 23.6. The second-order valence-electron chi connectivity index (χ2n) is 9.84. The molecular weight excluding hydrogens is 436 g/mol. The van der Waals surface area contributed by atoms with Gasteiger partial charge in [0.1, 0.15) is 0 Å². The Morgan fingerprint density at radius 2 is 1.36 bits per heavy atom. The molecule has 0 amide bonds. The fourth-order valence-corrected chi connectivity index (χ4v) is 6.20. The lowest BCUT2D eigenvalue weighted by molar-refractivity contribution is 0.567. The first-order valence-electron chi connectivity index (χ1n) is 12.5. The highest BCUT2D eigenvalue weighted by molar-refractivity contribution is 6.03. The number of allylic oxidation sites excluding steroid dienone is 14. The Balaban J connectivity index is 1.25. The minimum absolute atomic E-state index is 0.381. The largest absolute Gasteiger partial charge is 0.254 e. The molecule has 2 nitrogen and oxygen atoms in total. The number of fused-ring (bicyclic) bond motifs is 3. The molecule has 2 aromatic heterocycles. The lowest BCUT2D eigenvalue weighted by Gasteiger charge is -2.41. The van der Waals surface area contributed by atoms with Crippen molar-refractivity contribution in [2.45, 2.75) is 0 Å². The van der Waals surface area contributed by atoms with Gasteiger partial charge in [-0.05, 0) is 51.6 Å². The van der Waals surface area contributed by atoms with Crippen molar-refractivity contribution < 1.29 is 0 Å². The monoisotopic (exact) mass is 458 g/mol. The predicted molar refractivity (Wildman–Crippen MR) is 148 cm³/mol. The minimum atomic E-state index is 0.381. The van der Waals surface area contributed by atoms with Crippen LogP contribution in [-0.2, 0) is 0 Å². The Kier molecular flexibility index (Phi) is 4.09. The summed E-state index contributed by atoms with van der Waals surface area (Å²) in [4.78, 5) is 9.71. The highest BCUT2D eigenvalue weighted by atomic mass is 14.7. The van der Waals surface area contributed by atoms with Crippen LogP contribution in [0.2, 0.25) is 0 Å². The van der Waals surface area contributed by atoms with Crippen LogP contribution in [0.3, 0.4) is 0 Å². The van der Waals surface area contributed by atoms with Crippen molar-refractivity contribution in [3.63, 3.8) is 0 Å². The first-order valence-corrected chi connectivity index (χ1v) is 12.5. The molecule has 36 heavy (non-hydrogen) atoms. The van der Waals surface area contributed by atoms with Crippen LogP contribution in [0.4, 0.5) is 0 Å². The third kappa shape index (κ3) is 2.85. The van der Waals surface area contributed by atoms with E-state index in [1.807, 2.05) is 12.3 Å². The van der Waals surface area contributed by atoms with Crippen molar-refractivity contribution >= 4 is 27.4 Å². The van der Waals surface area contributed by atoms with E-state index in [9.17, 15) is 0 Å². The van der Waals surface area contributed by atoms with E-state index in [0.29, 0.717) is 11.8 Å². The molecule has 0 bridgehead atoms. The van der Waals surface area contributed by atoms with Crippen molar-refractivity contribution in [3.05, 3.63) is 149 Å². The van der Waals surface area contributed by atoms with Gasteiger partial charge in [-0.1, -0.05) is 97.1 Å². The molecule has 2 unspecified atom stereocenters. The summed E-state index contributed by atoms with van der Waals surface area (Å²) in [6.07, 6.45) is 22.4. The Morgan fingerprint density at radius 3 is 2.31 bits per heavy atom. The lowest BCUT2D eigenvalue weighted by atomic mass is 9.62. The number of nitrogens with zero attached hydrogens (tertiary/aromatic N) is 2. The quantitative estimate of drug-likeness (QED) is 0.285. The summed E-state index contributed by atoms with van der Waals surface area (Å²) in [6.45, 7) is 0. The molecule has 4 aromatic rings. The van der Waals surface area contributed by atoms with Crippen LogP contribution in [0, 0.1) is 11.8 Å². The molecule has 4 aliphatic rings. The second-order valence-corrected chi connectivity index (χ2v) is 9.84. The van der Waals surface area contributed by atoms with Crippen LogP contribution >= 0.6 is 0 Å². The predicted octanol–water partition coefficient (Wildman–Crippen LogP) is 7.94. The van der Waals surface area contributed by atoms with E-state index in [0.717, 1.165) is 33.1 Å². The number of pyridine rings is 2. The van der Waals surface area contributed by atoms with Crippen molar-refractivity contribution in [3.8, 4) is 11.3 Å². The zero-order valence-corrected chi connectivity index (χ0v) is 19.6. The van der Waals surface area contributed by atoms with Gasteiger partial charge in [-0.3, -0.25) is 4.98 Å². The Bertz CT molecular complexity index is 1840. The van der Waals surface area contributed by atoms with Gasteiger partial charge < -0.3 is 0 Å². The van der Waals surface area contributed by atoms with Crippen LogP contribution in [0.25, 0.3) is 38.6 Å². The molecular formula is C34H22N2. The first kappa shape index (κ1) is 19.7. The van der Waals surface area contributed by atoms with Crippen LogP contribution in [0.15, 0.2) is 144 Å². The van der Waals surface area contributed by atoms with Crippen molar-refractivity contribution in [2.24, 2.45) is 11.8 Å². The van der Waals surface area contributed by atoms with Gasteiger partial charge in [0.05, 0.1) is 16.7 Å². The van der Waals surface area contributed by atoms with Gasteiger partial charge in [-0.15, -0.1) is 0 Å². The van der Waals surface area contributed by atoms with Gasteiger partial charge >= 0.3 is 0 Å². The third-order valence-electron chi connectivity index (χ3n) is 7.90. The molecule has 0 spiro atoms. The summed E-state index contributed by atoms with van der Waals surface area (Å²) in [5.41, 5.74) is 12.2. The Labute approximate surface area is 209 Å². The van der Waals surface area contributed by atoms with E-state index in [4.69, 9.17) is 4.98 Å². The molecule has 4 aliphatic carbocycles. The maximum atomic E-state index is 5.08. The fourth-order valence-electron chi connectivity index (χ4n) is 6.20. The molecule has 0 aliphatic heterocycles. The highest BCUT2D eigenvalue weighted by Gasteiger charge is 2.38. The fraction of sp³-hybridized carbons (Fsp3) is 0.0588. The van der Waals surface area contributed by atoms with Gasteiger partial charge in [0.2, 0.25) is 0 Å². The molecule has 0 fully saturated rings. The Hall–Kier alpha value is -4.56. The number of benzene rings is 2. The zero-order valence-electron chi connectivity index (χ0n) is 19.6. The van der Waals surface area contributed by atoms with E-state index in [1.165, 1.54) is 33.4 Å². The number of hydrogen-bond donors (Lipinski definition) is 0. The van der Waals surface area contributed by atoms with E-state index in [1.54, 1.807) is 0 Å². The molecule has 0 saturated carbocycles. The maximum absolute atomic E-state index is 5.08. The molecule has 0 radical (unpaired) electrons. The minimum Gasteiger partial charge on any atom is -0.254 e. The summed E-state index contributed by atoms with van der Waals surface area (Å²) >= 11 is 0. The first-order chi connectivity index (χ1) is 17.8. The topological polar surface area (TPSA) is 25.8 Å². The second kappa shape index (κ2) is 7.47. The average Bonchev–Trinajstić information content (AvgIpc) is 2.95. The molecule has 2 heteroatoms. The number of hydrogen-bond acceptors (Lipinski definition) is 2. The summed E-state index contributed by atoms with van der Waals surface area (Å²) in [5.74, 6) is 0.798. The van der Waals surface area contributed by atoms with Crippen molar-refractivity contribution in [2.75, 3.05) is 0 Å². The summed E-state index contributed by atoms with van der Waals surface area (Å²) in [6, 6.07) is 21.4. The van der Waals surface area contributed by atoms with E-state index >= 15 is 0 Å². The van der Waals surface area contributed by atoms with Gasteiger partial charge in [0, 0.05) is 34.4 Å². The van der Waals surface area contributed by atoms with Crippen LogP contribution in [0.1, 0.15) is 5.56 Å². The standard InChI is InChI=1S/C34H22N2/c1-4-21-9-10-23-13-16-28(29-17-14-22(5-1)31(21)32(23)29)26-6-2-7-27(20-26)30-18-15-25-12-11-24-8-3-19-35-33(24)34(25)36-30/h1-20,31-32H. The summed E-state index contributed by atoms with van der Waals surface area (Å²) in [7, 11) is 0. The average molecular weight is 459 g/mol. The van der Waals surface area contributed by atoms with Gasteiger partial charge in [0.25, 0.3) is 0 Å². The third-order valence-corrected chi connectivity index (χ3v) is 7.90. The summed E-state index contributed by atoms with van der Waals surface area (Å²) in [5, 5.41) is 2.22. The van der Waals surface area contributed by atoms with Gasteiger partial charge in [-0.2, -0.15) is 0 Å². The number of rotatable bonds is 2. The normalized spacial score (nSPS) is 21.4. The van der Waals surface area contributed by atoms with Crippen molar-refractivity contribution in [1.82, 2.24) is 9.97 Å². The molecule has 2 aromatic carbocycles. The molecule has 168 valence electrons. The van der Waals surface area contributed by atoms with Crippen LogP contribution in [-0.4, -0.2) is 9.97 Å². The number of aromatic nitrogens is 2. The lowest BCUT2D eigenvalue weighted by Crippen LogP contribution is -2.29. The van der Waals surface area contributed by atoms with E-state index in [2.05, 4.69) is 114 Å². The van der Waals surface area contributed by atoms with E-state index in [-0.39, 0.29) is 0 Å². The van der Waals surface area contributed by atoms with Crippen molar-refractivity contribution in [1.29, 1.82) is 0 Å². The Morgan fingerprint density at radius 1 is 0.583 bits per heavy atom. The van der Waals surface area contributed by atoms with Crippen LogP contribution in [0.5, 0.6) is 0 Å². The molecule has 2 heterocycles. The highest BCUT2D eigenvalue weighted by Crippen LogP contribution is 2.51. The maximum Gasteiger partial charge on any atom is 0.0972 e. The van der Waals surface area contributed by atoms with Gasteiger partial charge in [0.15, 0.2) is 0 Å². The van der Waals surface area contributed by atoms with Gasteiger partial charge in [-0.25, -0.2) is 4.98 Å². The molecule has 0 saturated heterocycles. The summed E-state index contributed by atoms with van der Waals surface area (Å²) < 4.78 is 0. The SMILES string of the molecule is C1=CC2=CC=C3C(c4cccc(-c5ccc6ccc7cccnc7c6n5)c4)=CC=C4C=CC(=C1)C2C43. The van der Waals surface area contributed by atoms with E-state index < -0.39 is 0 Å². The molecule has 0 N–H and O–H groups in total.